The fourth-order valence-electron chi connectivity index (χ4n) is 6.11. The van der Waals surface area contributed by atoms with Crippen LogP contribution in [0.1, 0.15) is 46.4 Å². The number of fused-ring (bicyclic) bond motifs is 1. The number of thiophene rings is 1. The second kappa shape index (κ2) is 13.4. The molecular formula is C35H37N7O2S. The average Bonchev–Trinajstić information content (AvgIpc) is 3.64. The summed E-state index contributed by atoms with van der Waals surface area (Å²) >= 11 is 1.41. The third kappa shape index (κ3) is 6.32. The van der Waals surface area contributed by atoms with Gasteiger partial charge >= 0.3 is 0 Å². The van der Waals surface area contributed by atoms with E-state index in [0.717, 1.165) is 48.6 Å². The van der Waals surface area contributed by atoms with E-state index in [9.17, 15) is 9.59 Å². The summed E-state index contributed by atoms with van der Waals surface area (Å²) < 4.78 is 1.85. The van der Waals surface area contributed by atoms with Crippen molar-refractivity contribution in [2.24, 2.45) is 22.6 Å². The molecule has 2 aromatic heterocycles. The topological polar surface area (TPSA) is 123 Å². The van der Waals surface area contributed by atoms with Gasteiger partial charge in [-0.05, 0) is 66.1 Å². The summed E-state index contributed by atoms with van der Waals surface area (Å²) in [5.74, 6) is 6.78. The molecule has 230 valence electrons. The maximum Gasteiger partial charge on any atom is 0.268 e. The Morgan fingerprint density at radius 3 is 2.49 bits per heavy atom. The summed E-state index contributed by atoms with van der Waals surface area (Å²) in [5, 5.41) is 6.12. The number of para-hydroxylation sites is 1. The summed E-state index contributed by atoms with van der Waals surface area (Å²) in [4.78, 5) is 37.4. The predicted molar refractivity (Wildman–Crippen MR) is 183 cm³/mol. The van der Waals surface area contributed by atoms with Crippen molar-refractivity contribution in [2.45, 2.75) is 39.3 Å². The molecule has 0 spiro atoms. The van der Waals surface area contributed by atoms with Gasteiger partial charge in [0, 0.05) is 43.0 Å². The number of amides is 1. The van der Waals surface area contributed by atoms with Gasteiger partial charge < -0.3 is 21.4 Å². The number of anilines is 2. The van der Waals surface area contributed by atoms with E-state index in [1.165, 1.54) is 11.3 Å². The molecular weight excluding hydrogens is 582 g/mol. The molecule has 6 rings (SSSR count). The first-order chi connectivity index (χ1) is 22.0. The number of carbonyl (C=O) groups excluding carboxylic acids is 1. The van der Waals surface area contributed by atoms with E-state index in [1.807, 2.05) is 102 Å². The van der Waals surface area contributed by atoms with Gasteiger partial charge in [0.2, 0.25) is 0 Å². The predicted octanol–water partition coefficient (Wildman–Crippen LogP) is 5.36. The van der Waals surface area contributed by atoms with E-state index >= 15 is 0 Å². The van der Waals surface area contributed by atoms with Crippen molar-refractivity contribution in [3.63, 3.8) is 0 Å². The smallest absolute Gasteiger partial charge is 0.268 e. The number of hydrogen-bond acceptors (Lipinski definition) is 7. The van der Waals surface area contributed by atoms with Gasteiger partial charge in [-0.3, -0.25) is 14.2 Å². The Labute approximate surface area is 266 Å². The molecule has 9 nitrogen and oxygen atoms in total. The van der Waals surface area contributed by atoms with Gasteiger partial charge in [0.05, 0.1) is 22.3 Å². The highest BCUT2D eigenvalue weighted by Crippen LogP contribution is 2.29. The second-order valence-corrected chi connectivity index (χ2v) is 12.3. The van der Waals surface area contributed by atoms with E-state index in [1.54, 1.807) is 4.90 Å². The van der Waals surface area contributed by atoms with Gasteiger partial charge in [0.25, 0.3) is 11.5 Å². The number of amidine groups is 1. The zero-order chi connectivity index (χ0) is 31.3. The van der Waals surface area contributed by atoms with Gasteiger partial charge in [-0.25, -0.2) is 4.98 Å². The zero-order valence-electron chi connectivity index (χ0n) is 25.3. The number of aryl methyl sites for hydroxylation is 1. The van der Waals surface area contributed by atoms with Crippen molar-refractivity contribution < 1.29 is 4.79 Å². The molecule has 45 heavy (non-hydrogen) atoms. The molecule has 0 unspecified atom stereocenters. The van der Waals surface area contributed by atoms with Gasteiger partial charge in [-0.1, -0.05) is 55.5 Å². The first-order valence-electron chi connectivity index (χ1n) is 15.3. The lowest BCUT2D eigenvalue weighted by atomic mass is 9.95. The number of nitrogens with zero attached hydrogens (tertiary/aromatic N) is 5. The number of rotatable bonds is 9. The molecule has 0 radical (unpaired) electrons. The maximum atomic E-state index is 14.1. The minimum atomic E-state index is -0.0977. The number of hydrogen-bond donors (Lipinski definition) is 2. The van der Waals surface area contributed by atoms with Gasteiger partial charge in [0.1, 0.15) is 5.82 Å². The van der Waals surface area contributed by atoms with Crippen LogP contribution < -0.4 is 26.9 Å². The lowest BCUT2D eigenvalue weighted by Crippen LogP contribution is -2.38. The van der Waals surface area contributed by atoms with Crippen LogP contribution in [0.25, 0.3) is 10.9 Å². The van der Waals surface area contributed by atoms with Crippen molar-refractivity contribution in [3.8, 4) is 0 Å². The molecule has 10 heteroatoms. The third-order valence-electron chi connectivity index (χ3n) is 8.52. The van der Waals surface area contributed by atoms with Crippen LogP contribution in [0.2, 0.25) is 0 Å². The molecule has 3 heterocycles. The lowest BCUT2D eigenvalue weighted by Gasteiger charge is -2.35. The summed E-state index contributed by atoms with van der Waals surface area (Å²) in [5.41, 5.74) is 10.2. The van der Waals surface area contributed by atoms with E-state index in [-0.39, 0.29) is 11.5 Å². The Hall–Kier alpha value is -4.96. The number of aromatic nitrogens is 2. The highest BCUT2D eigenvalue weighted by Gasteiger charge is 2.25. The first kappa shape index (κ1) is 30.1. The Morgan fingerprint density at radius 1 is 1.02 bits per heavy atom. The first-order valence-corrected chi connectivity index (χ1v) is 16.1. The largest absolute Gasteiger partial charge is 0.382 e. The number of hydrazone groups is 1. The highest BCUT2D eigenvalue weighted by molar-refractivity contribution is 7.12. The monoisotopic (exact) mass is 619 g/mol. The average molecular weight is 620 g/mol. The van der Waals surface area contributed by atoms with Crippen LogP contribution in [-0.4, -0.2) is 34.4 Å². The van der Waals surface area contributed by atoms with E-state index < -0.39 is 0 Å². The molecule has 1 aliphatic rings. The van der Waals surface area contributed by atoms with Crippen LogP contribution in [0.4, 0.5) is 11.4 Å². The molecule has 0 bridgehead atoms. The van der Waals surface area contributed by atoms with Crippen molar-refractivity contribution in [1.82, 2.24) is 9.55 Å². The molecule has 1 saturated heterocycles. The van der Waals surface area contributed by atoms with Gasteiger partial charge in [-0.2, -0.15) is 5.10 Å². The fraction of sp³-hybridized carbons (Fsp3) is 0.257. The lowest BCUT2D eigenvalue weighted by molar-refractivity contribution is 0.0989. The highest BCUT2D eigenvalue weighted by atomic mass is 32.1. The van der Waals surface area contributed by atoms with Gasteiger partial charge in [0.15, 0.2) is 5.84 Å². The van der Waals surface area contributed by atoms with E-state index in [2.05, 4.69) is 10.0 Å². The number of nitrogens with two attached hydrogens (primary N) is 2. The number of carbonyl (C=O) groups is 1. The Morgan fingerprint density at radius 2 is 1.78 bits per heavy atom. The van der Waals surface area contributed by atoms with Crippen molar-refractivity contribution in [3.05, 3.63) is 122 Å². The molecule has 5 aromatic rings. The normalized spacial score (nSPS) is 14.2. The molecule has 0 saturated carbocycles. The standard InChI is InChI=1S/C35H37N7O2S/c1-2-32-38-29-15-14-26(41(22-24-9-4-3-5-10-24)35(44)31-13-8-20-45-31)21-28(29)34(43)42(32)23-25-16-18-40(19-17-25)30-12-7-6-11-27(30)33(36)39-37/h3-15,20-21,25H,2,16-19,22-23,37H2,1H3,(H2,36,39). The molecule has 1 fully saturated rings. The van der Waals surface area contributed by atoms with Crippen molar-refractivity contribution >= 4 is 45.4 Å². The molecule has 0 atom stereocenters. The summed E-state index contributed by atoms with van der Waals surface area (Å²) in [7, 11) is 0. The summed E-state index contributed by atoms with van der Waals surface area (Å²) in [6.07, 6.45) is 2.48. The van der Waals surface area contributed by atoms with E-state index in [0.29, 0.717) is 52.7 Å². The van der Waals surface area contributed by atoms with Crippen LogP contribution in [0.15, 0.2) is 100 Å². The molecule has 3 aromatic carbocycles. The minimum Gasteiger partial charge on any atom is -0.382 e. The van der Waals surface area contributed by atoms with Crippen LogP contribution >= 0.6 is 11.3 Å². The third-order valence-corrected chi connectivity index (χ3v) is 9.38. The zero-order valence-corrected chi connectivity index (χ0v) is 26.1. The van der Waals surface area contributed by atoms with Crippen molar-refractivity contribution in [2.75, 3.05) is 22.9 Å². The Kier molecular flexibility index (Phi) is 8.93. The Bertz CT molecular complexity index is 1880. The number of piperidine rings is 1. The van der Waals surface area contributed by atoms with E-state index in [4.69, 9.17) is 16.6 Å². The molecule has 1 amide bonds. The summed E-state index contributed by atoms with van der Waals surface area (Å²) in [6.45, 7) is 4.68. The number of benzene rings is 3. The Balaban J connectivity index is 1.28. The SMILES string of the molecule is CCc1nc2ccc(N(Cc3ccccc3)C(=O)c3cccs3)cc2c(=O)n1CC1CCN(c2ccccc2/C(N)=N/N)CC1. The van der Waals surface area contributed by atoms with Crippen molar-refractivity contribution in [1.29, 1.82) is 0 Å². The minimum absolute atomic E-state index is 0.0679. The molecule has 4 N–H and O–H groups in total. The fourth-order valence-corrected chi connectivity index (χ4v) is 6.78. The molecule has 1 aliphatic heterocycles. The summed E-state index contributed by atoms with van der Waals surface area (Å²) in [6, 6.07) is 27.1. The van der Waals surface area contributed by atoms with Crippen LogP contribution in [-0.2, 0) is 19.5 Å². The van der Waals surface area contributed by atoms with Crippen LogP contribution in [0.5, 0.6) is 0 Å². The second-order valence-electron chi connectivity index (χ2n) is 11.3. The van der Waals surface area contributed by atoms with Crippen LogP contribution in [0.3, 0.4) is 0 Å². The quantitative estimate of drug-likeness (QED) is 0.0991. The maximum absolute atomic E-state index is 14.1. The van der Waals surface area contributed by atoms with Gasteiger partial charge in [-0.15, -0.1) is 11.3 Å². The molecule has 0 aliphatic carbocycles. The van der Waals surface area contributed by atoms with Crippen LogP contribution in [0, 0.1) is 5.92 Å².